The number of fused-ring (bicyclic) bond motifs is 1. The molecule has 11 nitrogen and oxygen atoms in total. The van der Waals surface area contributed by atoms with Crippen molar-refractivity contribution in [2.75, 3.05) is 31.9 Å². The Kier molecular flexibility index (Phi) is 15.0. The summed E-state index contributed by atoms with van der Waals surface area (Å²) < 4.78 is 28.8. The fourth-order valence-corrected chi connectivity index (χ4v) is 6.76. The molecular weight excluding hydrogens is 707 g/mol. The fraction of sp³-hybridized carbons (Fsp3) is 0.357. The molecule has 0 amide bonds. The van der Waals surface area contributed by atoms with Crippen molar-refractivity contribution in [1.82, 2.24) is 4.98 Å². The van der Waals surface area contributed by atoms with E-state index in [2.05, 4.69) is 23.5 Å². The van der Waals surface area contributed by atoms with Gasteiger partial charge in [-0.25, -0.2) is 14.8 Å². The highest BCUT2D eigenvalue weighted by atomic mass is 32.1. The molecule has 5 rings (SSSR count). The Labute approximate surface area is 319 Å². The van der Waals surface area contributed by atoms with Gasteiger partial charge in [-0.05, 0) is 113 Å². The molecule has 1 aliphatic rings. The molecule has 4 aromatic rings. The van der Waals surface area contributed by atoms with Gasteiger partial charge in [0.2, 0.25) is 5.13 Å². The zero-order valence-corrected chi connectivity index (χ0v) is 31.5. The Balaban J connectivity index is 1.07. The lowest BCUT2D eigenvalue weighted by Crippen LogP contribution is -2.30. The quantitative estimate of drug-likeness (QED) is 0.0187. The molecule has 1 saturated carbocycles. The van der Waals surface area contributed by atoms with Crippen LogP contribution in [0.5, 0.6) is 23.0 Å². The van der Waals surface area contributed by atoms with Crippen molar-refractivity contribution >= 4 is 50.8 Å². The molecular formula is C42H45N3O8S. The SMILES string of the molecule is C=CC(=O)OCCCCCCOc1ccc(OC(=O)C2CCC(C(=O)Oc3ccc(OC)c(/C=N/N(CC#CC)c4nc5ccccc5s4)c3)CC2)cc1. The number of methoxy groups -OCH3 is 1. The number of nitrogens with zero attached hydrogens (tertiary/aromatic N) is 3. The van der Waals surface area contributed by atoms with Crippen LogP contribution in [-0.2, 0) is 19.1 Å². The number of hydrogen-bond acceptors (Lipinski definition) is 12. The van der Waals surface area contributed by atoms with Crippen molar-refractivity contribution in [2.45, 2.75) is 58.3 Å². The second-order valence-corrected chi connectivity index (χ2v) is 13.6. The zero-order chi connectivity index (χ0) is 38.1. The number of benzene rings is 3. The summed E-state index contributed by atoms with van der Waals surface area (Å²) in [6.45, 7) is 6.46. The van der Waals surface area contributed by atoms with Gasteiger partial charge in [0.15, 0.2) is 0 Å². The van der Waals surface area contributed by atoms with Crippen LogP contribution in [-0.4, -0.2) is 56.0 Å². The maximum Gasteiger partial charge on any atom is 0.330 e. The van der Waals surface area contributed by atoms with Crippen LogP contribution < -0.4 is 24.0 Å². The molecule has 0 N–H and O–H groups in total. The van der Waals surface area contributed by atoms with E-state index in [0.29, 0.717) is 79.1 Å². The van der Waals surface area contributed by atoms with Crippen molar-refractivity contribution in [2.24, 2.45) is 16.9 Å². The lowest BCUT2D eigenvalue weighted by molar-refractivity contribution is -0.145. The summed E-state index contributed by atoms with van der Waals surface area (Å²) in [5.74, 6) is 6.37. The minimum absolute atomic E-state index is 0.301. The van der Waals surface area contributed by atoms with Crippen LogP contribution in [0.4, 0.5) is 5.13 Å². The van der Waals surface area contributed by atoms with Gasteiger partial charge in [0, 0.05) is 11.6 Å². The van der Waals surface area contributed by atoms with E-state index in [-0.39, 0.29) is 23.8 Å². The van der Waals surface area contributed by atoms with Gasteiger partial charge in [-0.15, -0.1) is 5.92 Å². The van der Waals surface area contributed by atoms with Gasteiger partial charge < -0.3 is 23.7 Å². The van der Waals surface area contributed by atoms with E-state index in [1.807, 2.05) is 24.3 Å². The number of aromatic nitrogens is 1. The number of rotatable bonds is 18. The standard InChI is InChI=1S/C42H45N3O8S/c1-4-6-25-45(42-44-36-13-9-10-14-38(36)54-42)43-29-32-28-35(23-24-37(32)49-3)53-41(48)31-17-15-30(16-18-31)40(47)52-34-21-19-33(20-22-34)50-26-11-7-8-12-27-51-39(46)5-2/h5,9-10,13-14,19-24,28-31H,2,7-8,11-12,15-18,25-27H2,1,3H3/b43-29+. The molecule has 0 radical (unpaired) electrons. The number of ether oxygens (including phenoxy) is 5. The van der Waals surface area contributed by atoms with Crippen LogP contribution in [0.3, 0.4) is 0 Å². The lowest BCUT2D eigenvalue weighted by atomic mass is 9.82. The minimum atomic E-state index is -0.398. The minimum Gasteiger partial charge on any atom is -0.496 e. The van der Waals surface area contributed by atoms with E-state index in [9.17, 15) is 14.4 Å². The summed E-state index contributed by atoms with van der Waals surface area (Å²) in [6.07, 6.45) is 8.48. The monoisotopic (exact) mass is 751 g/mol. The number of esters is 3. The van der Waals surface area contributed by atoms with Gasteiger partial charge >= 0.3 is 17.9 Å². The third-order valence-electron chi connectivity index (χ3n) is 8.82. The Morgan fingerprint density at radius 2 is 1.54 bits per heavy atom. The number of anilines is 1. The highest BCUT2D eigenvalue weighted by Gasteiger charge is 2.32. The van der Waals surface area contributed by atoms with Crippen LogP contribution >= 0.6 is 11.3 Å². The third kappa shape index (κ3) is 11.7. The molecule has 1 aliphatic carbocycles. The first-order valence-electron chi connectivity index (χ1n) is 18.1. The van der Waals surface area contributed by atoms with Gasteiger partial charge in [-0.3, -0.25) is 9.59 Å². The summed E-state index contributed by atoms with van der Waals surface area (Å²) in [5.41, 5.74) is 1.51. The van der Waals surface area contributed by atoms with E-state index in [4.69, 9.17) is 28.7 Å². The van der Waals surface area contributed by atoms with Crippen molar-refractivity contribution in [1.29, 1.82) is 0 Å². The molecule has 54 heavy (non-hydrogen) atoms. The molecule has 0 spiro atoms. The van der Waals surface area contributed by atoms with E-state index in [0.717, 1.165) is 42.0 Å². The zero-order valence-electron chi connectivity index (χ0n) is 30.7. The number of thiazole rings is 1. The predicted molar refractivity (Wildman–Crippen MR) is 209 cm³/mol. The van der Waals surface area contributed by atoms with Crippen LogP contribution in [0.1, 0.15) is 63.9 Å². The van der Waals surface area contributed by atoms with Crippen LogP contribution in [0.25, 0.3) is 10.2 Å². The molecule has 282 valence electrons. The smallest absolute Gasteiger partial charge is 0.330 e. The Morgan fingerprint density at radius 3 is 2.20 bits per heavy atom. The van der Waals surface area contributed by atoms with Crippen LogP contribution in [0.2, 0.25) is 0 Å². The Morgan fingerprint density at radius 1 is 0.889 bits per heavy atom. The maximum absolute atomic E-state index is 13.2. The van der Waals surface area contributed by atoms with Crippen molar-refractivity contribution < 1.29 is 38.1 Å². The van der Waals surface area contributed by atoms with Crippen molar-refractivity contribution in [3.8, 4) is 34.8 Å². The average molecular weight is 752 g/mol. The number of hydrazone groups is 1. The lowest BCUT2D eigenvalue weighted by Gasteiger charge is -2.25. The van der Waals surface area contributed by atoms with E-state index in [1.165, 1.54) is 11.3 Å². The van der Waals surface area contributed by atoms with Gasteiger partial charge in [0.05, 0.1) is 48.6 Å². The fourth-order valence-electron chi connectivity index (χ4n) is 5.84. The van der Waals surface area contributed by atoms with Crippen molar-refractivity contribution in [3.05, 3.63) is 84.9 Å². The number of carbonyl (C=O) groups is 3. The topological polar surface area (TPSA) is 126 Å². The number of para-hydroxylation sites is 1. The molecule has 0 atom stereocenters. The normalized spacial score (nSPS) is 15.1. The Hall–Kier alpha value is -5.67. The van der Waals surface area contributed by atoms with E-state index < -0.39 is 5.97 Å². The second-order valence-electron chi connectivity index (χ2n) is 12.6. The molecule has 0 unspecified atom stereocenters. The molecule has 1 aromatic heterocycles. The molecule has 12 heteroatoms. The van der Waals surface area contributed by atoms with Crippen LogP contribution in [0, 0.1) is 23.7 Å². The van der Waals surface area contributed by atoms with Crippen LogP contribution in [0.15, 0.2) is 84.5 Å². The number of carbonyl (C=O) groups excluding carboxylic acids is 3. The summed E-state index contributed by atoms with van der Waals surface area (Å²) >= 11 is 1.53. The first-order chi connectivity index (χ1) is 26.4. The molecule has 0 bridgehead atoms. The largest absolute Gasteiger partial charge is 0.496 e. The molecule has 1 heterocycles. The van der Waals surface area contributed by atoms with Gasteiger partial charge in [0.1, 0.15) is 29.5 Å². The van der Waals surface area contributed by atoms with Gasteiger partial charge in [0.25, 0.3) is 0 Å². The summed E-state index contributed by atoms with van der Waals surface area (Å²) in [7, 11) is 1.57. The highest BCUT2D eigenvalue weighted by molar-refractivity contribution is 7.22. The number of unbranched alkanes of at least 4 members (excludes halogenated alkanes) is 3. The highest BCUT2D eigenvalue weighted by Crippen LogP contribution is 2.33. The van der Waals surface area contributed by atoms with Gasteiger partial charge in [-0.2, -0.15) is 5.10 Å². The first kappa shape index (κ1) is 39.5. The summed E-state index contributed by atoms with van der Waals surface area (Å²) in [5, 5.41) is 7.12. The molecule has 1 fully saturated rings. The van der Waals surface area contributed by atoms with Gasteiger partial charge in [-0.1, -0.05) is 36.0 Å². The van der Waals surface area contributed by atoms with E-state index >= 15 is 0 Å². The average Bonchev–Trinajstić information content (AvgIpc) is 3.64. The summed E-state index contributed by atoms with van der Waals surface area (Å²) in [6, 6.07) is 20.0. The van der Waals surface area contributed by atoms with E-state index in [1.54, 1.807) is 67.7 Å². The van der Waals surface area contributed by atoms with Crippen molar-refractivity contribution in [3.63, 3.8) is 0 Å². The molecule has 0 saturated heterocycles. The maximum atomic E-state index is 13.2. The molecule has 0 aliphatic heterocycles. The first-order valence-corrected chi connectivity index (χ1v) is 18.9. The third-order valence-corrected chi connectivity index (χ3v) is 9.87. The Bertz CT molecular complexity index is 1940. The second kappa shape index (κ2) is 20.5. The summed E-state index contributed by atoms with van der Waals surface area (Å²) in [4.78, 5) is 41.9. The molecule has 3 aromatic carbocycles. The number of hydrogen-bond donors (Lipinski definition) is 0. The predicted octanol–water partition coefficient (Wildman–Crippen LogP) is 8.15.